The van der Waals surface area contributed by atoms with Crippen LogP contribution < -0.4 is 5.69 Å². The first-order valence-electron chi connectivity index (χ1n) is 10.1. The van der Waals surface area contributed by atoms with Crippen LogP contribution in [0.3, 0.4) is 0 Å². The first-order chi connectivity index (χ1) is 13.5. The van der Waals surface area contributed by atoms with E-state index in [0.717, 1.165) is 43.5 Å². The van der Waals surface area contributed by atoms with E-state index in [-0.39, 0.29) is 5.69 Å². The van der Waals surface area contributed by atoms with Crippen LogP contribution >= 0.6 is 0 Å². The number of phenolic OH excluding ortho intramolecular Hbond substituents is 1. The van der Waals surface area contributed by atoms with Gasteiger partial charge in [-0.25, -0.2) is 4.79 Å². The van der Waals surface area contributed by atoms with Crippen molar-refractivity contribution in [1.29, 1.82) is 0 Å². The van der Waals surface area contributed by atoms with E-state index < -0.39 is 0 Å². The van der Waals surface area contributed by atoms with Gasteiger partial charge in [0.25, 0.3) is 0 Å². The Bertz CT molecular complexity index is 981. The molecule has 1 aromatic heterocycles. The maximum absolute atomic E-state index is 12.9. The molecule has 0 spiro atoms. The molecule has 28 heavy (non-hydrogen) atoms. The monoisotopic (exact) mass is 378 g/mol. The zero-order valence-corrected chi connectivity index (χ0v) is 17.1. The number of aryl methyl sites for hydroxylation is 4. The third-order valence-corrected chi connectivity index (χ3v) is 5.33. The Morgan fingerprint density at radius 1 is 0.929 bits per heavy atom. The lowest BCUT2D eigenvalue weighted by molar-refractivity contribution is 0.475. The minimum atomic E-state index is 0.0831. The Morgan fingerprint density at radius 3 is 2.32 bits per heavy atom. The van der Waals surface area contributed by atoms with Gasteiger partial charge in [-0.2, -0.15) is 0 Å². The van der Waals surface area contributed by atoms with Crippen LogP contribution in [0.2, 0.25) is 0 Å². The van der Waals surface area contributed by atoms with Crippen molar-refractivity contribution in [2.75, 3.05) is 0 Å². The van der Waals surface area contributed by atoms with E-state index in [1.165, 1.54) is 16.7 Å². The fraction of sp³-hybridized carbons (Fsp3) is 0.375. The Balaban J connectivity index is 1.74. The van der Waals surface area contributed by atoms with E-state index in [9.17, 15) is 9.90 Å². The average Bonchev–Trinajstić information content (AvgIpc) is 2.96. The van der Waals surface area contributed by atoms with Gasteiger partial charge >= 0.3 is 5.69 Å². The summed E-state index contributed by atoms with van der Waals surface area (Å²) in [6.07, 6.45) is 5.75. The van der Waals surface area contributed by atoms with E-state index in [2.05, 4.69) is 39.0 Å². The van der Waals surface area contributed by atoms with E-state index in [1.54, 1.807) is 12.1 Å². The highest BCUT2D eigenvalue weighted by Crippen LogP contribution is 2.14. The summed E-state index contributed by atoms with van der Waals surface area (Å²) < 4.78 is 3.77. The summed E-state index contributed by atoms with van der Waals surface area (Å²) in [5, 5.41) is 9.40. The molecule has 3 rings (SSSR count). The van der Waals surface area contributed by atoms with Crippen molar-refractivity contribution < 1.29 is 5.11 Å². The Labute approximate surface area is 167 Å². The molecule has 148 valence electrons. The number of aromatic nitrogens is 2. The fourth-order valence-corrected chi connectivity index (χ4v) is 3.59. The molecule has 0 atom stereocenters. The normalized spacial score (nSPS) is 11.1. The van der Waals surface area contributed by atoms with Crippen LogP contribution in [0, 0.1) is 13.8 Å². The molecule has 0 bridgehead atoms. The maximum Gasteiger partial charge on any atom is 0.328 e. The van der Waals surface area contributed by atoms with Gasteiger partial charge in [0.2, 0.25) is 0 Å². The van der Waals surface area contributed by atoms with Crippen LogP contribution in [0.5, 0.6) is 5.75 Å². The molecule has 0 saturated carbocycles. The van der Waals surface area contributed by atoms with Crippen molar-refractivity contribution in [3.8, 4) is 5.75 Å². The molecule has 4 heteroatoms. The summed E-state index contributed by atoms with van der Waals surface area (Å²) in [5.74, 6) is 0.295. The number of hydrogen-bond donors (Lipinski definition) is 1. The molecule has 3 aromatic rings. The summed E-state index contributed by atoms with van der Waals surface area (Å²) in [6, 6.07) is 13.8. The summed E-state index contributed by atoms with van der Waals surface area (Å²) in [4.78, 5) is 12.9. The summed E-state index contributed by atoms with van der Waals surface area (Å²) >= 11 is 0. The van der Waals surface area contributed by atoms with Gasteiger partial charge in [0.15, 0.2) is 0 Å². The SMILES string of the molecule is CCCn1c(CCCc2ccc(O)cc2)cn(Cc2ccc(C)c(C)c2)c1=O. The summed E-state index contributed by atoms with van der Waals surface area (Å²) in [7, 11) is 0. The zero-order valence-electron chi connectivity index (χ0n) is 17.1. The number of rotatable bonds is 8. The lowest BCUT2D eigenvalue weighted by atomic mass is 10.1. The molecule has 0 saturated heterocycles. The highest BCUT2D eigenvalue weighted by atomic mass is 16.3. The van der Waals surface area contributed by atoms with Crippen molar-refractivity contribution in [3.63, 3.8) is 0 Å². The van der Waals surface area contributed by atoms with Gasteiger partial charge in [0.05, 0.1) is 6.54 Å². The van der Waals surface area contributed by atoms with Crippen molar-refractivity contribution >= 4 is 0 Å². The number of imidazole rings is 1. The van der Waals surface area contributed by atoms with Crippen LogP contribution in [-0.2, 0) is 25.9 Å². The third-order valence-electron chi connectivity index (χ3n) is 5.33. The van der Waals surface area contributed by atoms with E-state index in [4.69, 9.17) is 0 Å². The topological polar surface area (TPSA) is 47.2 Å². The number of benzene rings is 2. The first-order valence-corrected chi connectivity index (χ1v) is 10.1. The van der Waals surface area contributed by atoms with E-state index in [1.807, 2.05) is 27.5 Å². The minimum Gasteiger partial charge on any atom is -0.508 e. The number of hydrogen-bond acceptors (Lipinski definition) is 2. The van der Waals surface area contributed by atoms with E-state index in [0.29, 0.717) is 12.3 Å². The number of aromatic hydroxyl groups is 1. The molecule has 0 radical (unpaired) electrons. The first kappa shape index (κ1) is 20.0. The van der Waals surface area contributed by atoms with Crippen molar-refractivity contribution in [3.05, 3.63) is 87.1 Å². The van der Waals surface area contributed by atoms with Crippen LogP contribution in [0.15, 0.2) is 53.5 Å². The highest BCUT2D eigenvalue weighted by molar-refractivity contribution is 5.30. The Kier molecular flexibility index (Phi) is 6.40. The molecular formula is C24H30N2O2. The van der Waals surface area contributed by atoms with Gasteiger partial charge in [-0.3, -0.25) is 9.13 Å². The molecule has 2 aromatic carbocycles. The lowest BCUT2D eigenvalue weighted by Gasteiger charge is -2.06. The molecular weight excluding hydrogens is 348 g/mol. The van der Waals surface area contributed by atoms with Gasteiger partial charge in [-0.05, 0) is 73.9 Å². The van der Waals surface area contributed by atoms with E-state index >= 15 is 0 Å². The third kappa shape index (κ3) is 4.75. The van der Waals surface area contributed by atoms with Crippen molar-refractivity contribution in [1.82, 2.24) is 9.13 Å². The highest BCUT2D eigenvalue weighted by Gasteiger charge is 2.11. The molecule has 1 N–H and O–H groups in total. The molecule has 0 aliphatic heterocycles. The summed E-state index contributed by atoms with van der Waals surface area (Å²) in [6.45, 7) is 7.69. The van der Waals surface area contributed by atoms with Gasteiger partial charge in [-0.1, -0.05) is 37.3 Å². The molecule has 0 aliphatic rings. The minimum absolute atomic E-state index is 0.0831. The van der Waals surface area contributed by atoms with Crippen LogP contribution in [0.25, 0.3) is 0 Å². The van der Waals surface area contributed by atoms with Crippen LogP contribution in [0.1, 0.15) is 47.7 Å². The molecule has 0 unspecified atom stereocenters. The molecule has 0 aliphatic carbocycles. The quantitative estimate of drug-likeness (QED) is 0.622. The van der Waals surface area contributed by atoms with Crippen molar-refractivity contribution in [2.24, 2.45) is 0 Å². The smallest absolute Gasteiger partial charge is 0.328 e. The van der Waals surface area contributed by atoms with Gasteiger partial charge in [-0.15, -0.1) is 0 Å². The number of nitrogens with zero attached hydrogens (tertiary/aromatic N) is 2. The zero-order chi connectivity index (χ0) is 20.1. The van der Waals surface area contributed by atoms with Crippen molar-refractivity contribution in [2.45, 2.75) is 59.5 Å². The van der Waals surface area contributed by atoms with Crippen LogP contribution in [0.4, 0.5) is 0 Å². The second-order valence-corrected chi connectivity index (χ2v) is 7.62. The predicted octanol–water partition coefficient (Wildman–Crippen LogP) is 4.61. The van der Waals surface area contributed by atoms with Gasteiger partial charge in [0.1, 0.15) is 5.75 Å². The molecule has 4 nitrogen and oxygen atoms in total. The largest absolute Gasteiger partial charge is 0.508 e. The maximum atomic E-state index is 12.9. The Hall–Kier alpha value is -2.75. The standard InChI is InChI=1S/C24H30N2O2/c1-4-14-26-22(7-5-6-20-10-12-23(27)13-11-20)17-25(24(26)28)16-21-9-8-18(2)19(3)15-21/h8-13,15,17,27H,4-7,14,16H2,1-3H3. The number of phenols is 1. The molecule has 1 heterocycles. The Morgan fingerprint density at radius 2 is 1.64 bits per heavy atom. The lowest BCUT2D eigenvalue weighted by Crippen LogP contribution is -2.25. The second kappa shape index (κ2) is 8.96. The summed E-state index contributed by atoms with van der Waals surface area (Å²) in [5.41, 5.74) is 6.09. The van der Waals surface area contributed by atoms with Crippen LogP contribution in [-0.4, -0.2) is 14.2 Å². The predicted molar refractivity (Wildman–Crippen MR) is 114 cm³/mol. The molecule has 0 amide bonds. The second-order valence-electron chi connectivity index (χ2n) is 7.62. The van der Waals surface area contributed by atoms with Gasteiger partial charge in [0, 0.05) is 18.4 Å². The van der Waals surface area contributed by atoms with Gasteiger partial charge < -0.3 is 5.11 Å². The fourth-order valence-electron chi connectivity index (χ4n) is 3.59. The average molecular weight is 379 g/mol. The molecule has 0 fully saturated rings.